The van der Waals surface area contributed by atoms with Crippen molar-refractivity contribution in [3.8, 4) is 0 Å². The number of allylic oxidation sites excluding steroid dienone is 12. The van der Waals surface area contributed by atoms with Crippen LogP contribution in [0.1, 0.15) is 222 Å². The molecule has 0 radical (unpaired) electrons. The second kappa shape index (κ2) is 51.3. The highest BCUT2D eigenvalue weighted by Crippen LogP contribution is 2.32. The number of carbonyl (C=O) groups is 8. The van der Waals surface area contributed by atoms with Gasteiger partial charge in [-0.25, -0.2) is 4.79 Å². The van der Waals surface area contributed by atoms with Crippen LogP contribution in [0.2, 0.25) is 0 Å². The maximum absolute atomic E-state index is 12.5. The Bertz CT molecular complexity index is 2970. The summed E-state index contributed by atoms with van der Waals surface area (Å²) < 4.78 is 27.2. The number of ether oxygens (including phenoxy) is 5. The Morgan fingerprint density at radius 2 is 0.774 bits per heavy atom. The van der Waals surface area contributed by atoms with Gasteiger partial charge in [-0.05, 0) is 114 Å². The molecule has 4 aliphatic rings. The third-order valence-corrected chi connectivity index (χ3v) is 21.3. The van der Waals surface area contributed by atoms with Crippen LogP contribution in [-0.2, 0) is 62.0 Å². The predicted molar refractivity (Wildman–Crippen MR) is 415 cm³/mol. The van der Waals surface area contributed by atoms with E-state index in [4.69, 9.17) is 23.7 Å². The SMILES string of the molecule is CC[C@H]1C[C@@H](C)C(=O)/C=C/C(C)=C/[C@H](C)[C@@H](CC)OC(=O)C[C@@H](O)[C@H](C)[C@H]1O.CC[C@H]1C[C@@H](C)C(=O)/C=C/C=C/C[C@@H](C)OC(=O)C[C@@H](O)[C@H](OC)[C@H]1O.CC[C@H]1OC(=O)/C=C/[C@H](C)[C@@H](O)[C@@H](C)C[C@@H](C)C(=O)/C=C/C=C/[C@@H]1C.CC[C@H]1OC(=O)C[C@@H](O)[C@H](C)[C@@H](O)[C@@H](C)C[C@@H](C)C(=O)/C=C/C(C)=C/[C@@H]1C. The summed E-state index contributed by atoms with van der Waals surface area (Å²) in [5, 5.41) is 73.6. The Balaban J connectivity index is 0.000000707. The Morgan fingerprint density at radius 3 is 1.22 bits per heavy atom. The molecule has 4 aliphatic heterocycles. The number of hydrogen-bond acceptors (Lipinski definition) is 20. The number of ketones is 4. The van der Waals surface area contributed by atoms with Gasteiger partial charge in [0.25, 0.3) is 0 Å². The molecule has 0 amide bonds. The minimum atomic E-state index is -1.18. The Labute approximate surface area is 635 Å². The van der Waals surface area contributed by atoms with Gasteiger partial charge in [0.15, 0.2) is 23.1 Å². The second-order valence-corrected chi connectivity index (χ2v) is 30.8. The lowest BCUT2D eigenvalue weighted by Crippen LogP contribution is -2.45. The zero-order chi connectivity index (χ0) is 80.8. The minimum Gasteiger partial charge on any atom is -0.462 e. The highest BCUT2D eigenvalue weighted by molar-refractivity contribution is 5.93. The molecule has 20 heteroatoms. The number of carbonyl (C=O) groups excluding carboxylic acids is 8. The number of aliphatic hydroxyl groups is 7. The van der Waals surface area contributed by atoms with Crippen molar-refractivity contribution < 1.29 is 97.8 Å². The fourth-order valence-electron chi connectivity index (χ4n) is 13.8. The second-order valence-electron chi connectivity index (χ2n) is 30.8. The molecule has 0 aromatic heterocycles. The van der Waals surface area contributed by atoms with Crippen LogP contribution in [-0.4, -0.2) is 163 Å². The van der Waals surface area contributed by atoms with Gasteiger partial charge in [0.1, 0.15) is 30.5 Å². The standard InChI is InChI=1S/C23H38O5.C22H36O5.C21H32O4.C20H32O6/c1-7-18-12-15(4)19(24)10-9-14(3)11-16(5)21(8-2)28-22(26)13-20(25)17(6)23(18)27;1-7-20-15(4)10-13(2)8-9-18(23)14(3)11-16(5)22(26)17(6)19(24)12-21(25)27-20;1-6-19-14(2)9-7-8-10-18(22)16(4)13-17(5)21(24)15(3)11-12-20(23)25-19;1-5-15-11-13(2)16(21)10-8-6-7-9-14(3)26-18(23)12-17(22)20(25-4)19(15)24/h9-11,15-18,20-21,23,25,27H,7-8,12-13H2,1-6H3;8-10,14-17,19-20,22,24,26H,7,11-12H2,1-6H3;7-12,14-17,19,21,24H,6,13H2,1-5H3;6-8,10,13-15,17,19-20,22,24H,5,9,11-12H2,1-4H3/b10-9+,14-11+;9-8+,13-10+;9-7+,10-8+,12-11+;7-6+,10-8+/t15-,16+,17+,18+,20-,21-,23-;14-,15+,16+,17+,19-,20-,22+;14-,15-,16+,17-,19+,21+;13-,14-,15+,17-,19+,20+/m1101/s1. The lowest BCUT2D eigenvalue weighted by atomic mass is 9.80. The summed E-state index contributed by atoms with van der Waals surface area (Å²) in [5.74, 6) is -4.28. The Kier molecular flexibility index (Phi) is 47.4. The summed E-state index contributed by atoms with van der Waals surface area (Å²) in [5.41, 5.74) is 1.88. The summed E-state index contributed by atoms with van der Waals surface area (Å²) in [4.78, 5) is 98.0. The number of esters is 4. The third-order valence-electron chi connectivity index (χ3n) is 21.3. The molecule has 602 valence electrons. The number of aliphatic hydroxyl groups excluding tert-OH is 7. The molecule has 20 nitrogen and oxygen atoms in total. The minimum absolute atomic E-state index is 0.00999. The van der Waals surface area contributed by atoms with Gasteiger partial charge in [-0.1, -0.05) is 209 Å². The summed E-state index contributed by atoms with van der Waals surface area (Å²) in [6.07, 6.45) is 24.7. The highest BCUT2D eigenvalue weighted by Gasteiger charge is 2.37. The van der Waals surface area contributed by atoms with Gasteiger partial charge in [-0.3, -0.25) is 33.6 Å². The van der Waals surface area contributed by atoms with E-state index in [-0.39, 0.29) is 144 Å². The molecule has 0 unspecified atom stereocenters. The van der Waals surface area contributed by atoms with Crippen molar-refractivity contribution in [2.24, 2.45) is 82.9 Å². The first kappa shape index (κ1) is 97.9. The van der Waals surface area contributed by atoms with Crippen molar-refractivity contribution in [3.05, 3.63) is 108 Å². The molecular weight excluding hydrogens is 1350 g/mol. The number of rotatable bonds is 6. The molecule has 0 saturated heterocycles. The molecule has 4 heterocycles. The molecule has 0 bridgehead atoms. The molecule has 7 N–H and O–H groups in total. The van der Waals surface area contributed by atoms with Crippen molar-refractivity contribution in [2.45, 2.75) is 295 Å². The van der Waals surface area contributed by atoms with Gasteiger partial charge in [-0.2, -0.15) is 0 Å². The summed E-state index contributed by atoms with van der Waals surface area (Å²) >= 11 is 0. The van der Waals surface area contributed by atoms with Crippen molar-refractivity contribution in [1.82, 2.24) is 0 Å². The molecular formula is C86H138O20. The van der Waals surface area contributed by atoms with Crippen LogP contribution in [0, 0.1) is 82.9 Å². The van der Waals surface area contributed by atoms with E-state index in [1.165, 1.54) is 19.3 Å². The molecule has 0 aliphatic carbocycles. The average Bonchev–Trinajstić information content (AvgIpc) is 0.867. The molecule has 0 saturated carbocycles. The van der Waals surface area contributed by atoms with E-state index in [0.717, 1.165) is 11.1 Å². The number of methoxy groups -OCH3 is 1. The first-order valence-corrected chi connectivity index (χ1v) is 39.0. The van der Waals surface area contributed by atoms with E-state index >= 15 is 0 Å². The van der Waals surface area contributed by atoms with Crippen LogP contribution < -0.4 is 0 Å². The van der Waals surface area contributed by atoms with Crippen LogP contribution in [0.3, 0.4) is 0 Å². The van der Waals surface area contributed by atoms with E-state index < -0.39 is 78.6 Å². The lowest BCUT2D eigenvalue weighted by Gasteiger charge is -2.32. The maximum Gasteiger partial charge on any atom is 0.330 e. The molecule has 4 rings (SSSR count). The quantitative estimate of drug-likeness (QED) is 0.0959. The van der Waals surface area contributed by atoms with E-state index in [1.807, 2.05) is 148 Å². The maximum atomic E-state index is 12.5. The van der Waals surface area contributed by atoms with Gasteiger partial charge in [0.2, 0.25) is 0 Å². The zero-order valence-corrected chi connectivity index (χ0v) is 67.9. The van der Waals surface area contributed by atoms with Crippen LogP contribution in [0.5, 0.6) is 0 Å². The molecule has 0 fully saturated rings. The Hall–Kier alpha value is -6.10. The van der Waals surface area contributed by atoms with E-state index in [1.54, 1.807) is 75.5 Å². The fourth-order valence-corrected chi connectivity index (χ4v) is 13.8. The average molecular weight is 1490 g/mol. The van der Waals surface area contributed by atoms with Crippen LogP contribution in [0.25, 0.3) is 0 Å². The monoisotopic (exact) mass is 1490 g/mol. The van der Waals surface area contributed by atoms with Crippen molar-refractivity contribution in [1.29, 1.82) is 0 Å². The molecule has 26 atom stereocenters. The van der Waals surface area contributed by atoms with E-state index in [0.29, 0.717) is 64.2 Å². The normalized spacial score (nSPS) is 39.4. The summed E-state index contributed by atoms with van der Waals surface area (Å²) in [6, 6.07) is 0. The van der Waals surface area contributed by atoms with Gasteiger partial charge in [0, 0.05) is 78.8 Å². The predicted octanol–water partition coefficient (Wildman–Crippen LogP) is 13.3. The third kappa shape index (κ3) is 36.0. The number of hydrogen-bond donors (Lipinski definition) is 7. The summed E-state index contributed by atoms with van der Waals surface area (Å²) in [6.45, 7) is 37.8. The van der Waals surface area contributed by atoms with Crippen molar-refractivity contribution in [3.63, 3.8) is 0 Å². The molecule has 0 aromatic rings. The van der Waals surface area contributed by atoms with Gasteiger partial charge in [-0.15, -0.1) is 0 Å². The molecule has 0 aromatic carbocycles. The lowest BCUT2D eigenvalue weighted by molar-refractivity contribution is -0.157. The first-order valence-electron chi connectivity index (χ1n) is 39.0. The highest BCUT2D eigenvalue weighted by atomic mass is 16.6. The molecule has 0 spiro atoms. The van der Waals surface area contributed by atoms with Gasteiger partial charge in [0.05, 0.1) is 62.0 Å². The van der Waals surface area contributed by atoms with E-state index in [2.05, 4.69) is 0 Å². The van der Waals surface area contributed by atoms with Gasteiger partial charge < -0.3 is 59.4 Å². The van der Waals surface area contributed by atoms with Crippen molar-refractivity contribution >= 4 is 47.0 Å². The zero-order valence-electron chi connectivity index (χ0n) is 67.9. The van der Waals surface area contributed by atoms with E-state index in [9.17, 15) is 74.1 Å². The topological polar surface area (TPSA) is 324 Å². The Morgan fingerprint density at radius 1 is 0.387 bits per heavy atom. The van der Waals surface area contributed by atoms with Crippen LogP contribution >= 0.6 is 0 Å². The number of cyclic esters (lactones) is 4. The fraction of sp³-hybridized carbons (Fsp3) is 0.698. The van der Waals surface area contributed by atoms with Crippen LogP contribution in [0.15, 0.2) is 108 Å². The largest absolute Gasteiger partial charge is 0.462 e. The smallest absolute Gasteiger partial charge is 0.330 e. The first-order chi connectivity index (χ1) is 49.7. The molecule has 106 heavy (non-hydrogen) atoms. The van der Waals surface area contributed by atoms with Gasteiger partial charge >= 0.3 is 23.9 Å². The van der Waals surface area contributed by atoms with Crippen LogP contribution in [0.4, 0.5) is 0 Å². The summed E-state index contributed by atoms with van der Waals surface area (Å²) in [7, 11) is 1.39. The van der Waals surface area contributed by atoms with Crippen molar-refractivity contribution in [2.75, 3.05) is 7.11 Å².